The smallest absolute Gasteiger partial charge is 0.263 e. The number of aliphatic hydroxyl groups is 1. The lowest BCUT2D eigenvalue weighted by Crippen LogP contribution is -2.36. The minimum atomic E-state index is -0.254. The zero-order valence-corrected chi connectivity index (χ0v) is 14.9. The SMILES string of the molecule is CCC(CO)NC(=O)c1sc(C(C)(C)c2ccccc2)nc1C. The molecule has 0 bridgehead atoms. The van der Waals surface area contributed by atoms with E-state index >= 15 is 0 Å². The van der Waals surface area contributed by atoms with Gasteiger partial charge in [-0.15, -0.1) is 11.3 Å². The van der Waals surface area contributed by atoms with E-state index in [-0.39, 0.29) is 24.0 Å². The van der Waals surface area contributed by atoms with E-state index in [1.807, 2.05) is 32.0 Å². The molecule has 1 aromatic carbocycles. The fourth-order valence-electron chi connectivity index (χ4n) is 2.38. The van der Waals surface area contributed by atoms with Gasteiger partial charge in [0.25, 0.3) is 5.91 Å². The third kappa shape index (κ3) is 3.79. The number of amides is 1. The molecule has 0 fully saturated rings. The number of aromatic nitrogens is 1. The van der Waals surface area contributed by atoms with Crippen molar-refractivity contribution in [2.75, 3.05) is 6.61 Å². The van der Waals surface area contributed by atoms with Crippen molar-refractivity contribution in [2.45, 2.75) is 45.6 Å². The number of nitrogens with one attached hydrogen (secondary N) is 1. The van der Waals surface area contributed by atoms with Crippen LogP contribution < -0.4 is 5.32 Å². The molecule has 1 aromatic heterocycles. The van der Waals surface area contributed by atoms with Crippen molar-refractivity contribution in [3.63, 3.8) is 0 Å². The molecular weight excluding hydrogens is 308 g/mol. The monoisotopic (exact) mass is 332 g/mol. The summed E-state index contributed by atoms with van der Waals surface area (Å²) in [6.07, 6.45) is 0.697. The second kappa shape index (κ2) is 7.23. The van der Waals surface area contributed by atoms with Crippen LogP contribution in [-0.2, 0) is 5.41 Å². The Kier molecular flexibility index (Phi) is 5.55. The molecule has 2 rings (SSSR count). The lowest BCUT2D eigenvalue weighted by molar-refractivity contribution is 0.0918. The molecule has 5 heteroatoms. The normalized spacial score (nSPS) is 12.9. The molecule has 0 saturated carbocycles. The zero-order valence-electron chi connectivity index (χ0n) is 14.1. The van der Waals surface area contributed by atoms with Crippen LogP contribution >= 0.6 is 11.3 Å². The number of aryl methyl sites for hydroxylation is 1. The lowest BCUT2D eigenvalue weighted by atomic mass is 9.85. The maximum Gasteiger partial charge on any atom is 0.263 e. The van der Waals surface area contributed by atoms with E-state index in [1.54, 1.807) is 0 Å². The highest BCUT2D eigenvalue weighted by atomic mass is 32.1. The first-order chi connectivity index (χ1) is 10.9. The molecular formula is C18H24N2O2S. The van der Waals surface area contributed by atoms with Gasteiger partial charge in [-0.2, -0.15) is 0 Å². The average Bonchev–Trinajstić information content (AvgIpc) is 2.96. The van der Waals surface area contributed by atoms with Gasteiger partial charge in [-0.05, 0) is 32.8 Å². The van der Waals surface area contributed by atoms with Gasteiger partial charge in [0, 0.05) is 5.41 Å². The Morgan fingerprint density at radius 2 is 2.00 bits per heavy atom. The first-order valence-electron chi connectivity index (χ1n) is 7.85. The number of thiazole rings is 1. The van der Waals surface area contributed by atoms with Gasteiger partial charge < -0.3 is 10.4 Å². The first-order valence-corrected chi connectivity index (χ1v) is 8.67. The van der Waals surface area contributed by atoms with Crippen molar-refractivity contribution in [3.8, 4) is 0 Å². The Labute approximate surface area is 141 Å². The van der Waals surface area contributed by atoms with Crippen molar-refractivity contribution in [2.24, 2.45) is 0 Å². The van der Waals surface area contributed by atoms with Crippen LogP contribution in [0.3, 0.4) is 0 Å². The number of benzene rings is 1. The highest BCUT2D eigenvalue weighted by Gasteiger charge is 2.29. The number of hydrogen-bond donors (Lipinski definition) is 2. The van der Waals surface area contributed by atoms with Crippen LogP contribution in [0, 0.1) is 6.92 Å². The predicted molar refractivity (Wildman–Crippen MR) is 94.1 cm³/mol. The lowest BCUT2D eigenvalue weighted by Gasteiger charge is -2.22. The number of rotatable bonds is 6. The van der Waals surface area contributed by atoms with Crippen LogP contribution in [-0.4, -0.2) is 28.6 Å². The Hall–Kier alpha value is -1.72. The molecule has 0 aliphatic rings. The minimum absolute atomic E-state index is 0.0531. The largest absolute Gasteiger partial charge is 0.394 e. The number of carbonyl (C=O) groups excluding carboxylic acids is 1. The Balaban J connectivity index is 2.29. The van der Waals surface area contributed by atoms with Crippen molar-refractivity contribution >= 4 is 17.2 Å². The molecule has 1 heterocycles. The molecule has 0 aliphatic heterocycles. The molecule has 1 unspecified atom stereocenters. The predicted octanol–water partition coefficient (Wildman–Crippen LogP) is 3.28. The van der Waals surface area contributed by atoms with Crippen LogP contribution in [0.5, 0.6) is 0 Å². The number of carbonyl (C=O) groups is 1. The molecule has 0 radical (unpaired) electrons. The van der Waals surface area contributed by atoms with Crippen LogP contribution in [0.1, 0.15) is 53.1 Å². The zero-order chi connectivity index (χ0) is 17.0. The van der Waals surface area contributed by atoms with E-state index in [1.165, 1.54) is 16.9 Å². The molecule has 2 aromatic rings. The van der Waals surface area contributed by atoms with Gasteiger partial charge in [0.1, 0.15) is 9.88 Å². The van der Waals surface area contributed by atoms with Gasteiger partial charge in [-0.3, -0.25) is 4.79 Å². The number of aliphatic hydroxyl groups excluding tert-OH is 1. The Morgan fingerprint density at radius 3 is 2.57 bits per heavy atom. The van der Waals surface area contributed by atoms with E-state index in [2.05, 4.69) is 36.3 Å². The topological polar surface area (TPSA) is 62.2 Å². The summed E-state index contributed by atoms with van der Waals surface area (Å²) < 4.78 is 0. The summed E-state index contributed by atoms with van der Waals surface area (Å²) >= 11 is 1.43. The van der Waals surface area contributed by atoms with Crippen LogP contribution in [0.15, 0.2) is 30.3 Å². The molecule has 0 spiro atoms. The molecule has 4 nitrogen and oxygen atoms in total. The standard InChI is InChI=1S/C18H24N2O2S/c1-5-14(11-21)20-16(22)15-12(2)19-17(23-15)18(3,4)13-9-7-6-8-10-13/h6-10,14,21H,5,11H2,1-4H3,(H,20,22). The van der Waals surface area contributed by atoms with E-state index in [9.17, 15) is 9.90 Å². The quantitative estimate of drug-likeness (QED) is 0.853. The Morgan fingerprint density at radius 1 is 1.35 bits per heavy atom. The highest BCUT2D eigenvalue weighted by molar-refractivity contribution is 7.14. The highest BCUT2D eigenvalue weighted by Crippen LogP contribution is 2.35. The summed E-state index contributed by atoms with van der Waals surface area (Å²) in [7, 11) is 0. The average molecular weight is 332 g/mol. The molecule has 2 N–H and O–H groups in total. The Bertz CT molecular complexity index is 661. The summed E-state index contributed by atoms with van der Waals surface area (Å²) in [6, 6.07) is 9.96. The maximum atomic E-state index is 12.4. The first kappa shape index (κ1) is 17.6. The molecule has 124 valence electrons. The van der Waals surface area contributed by atoms with Crippen LogP contribution in [0.4, 0.5) is 0 Å². The second-order valence-corrected chi connectivity index (χ2v) is 7.18. The summed E-state index contributed by atoms with van der Waals surface area (Å²) in [5.74, 6) is -0.156. The maximum absolute atomic E-state index is 12.4. The van der Waals surface area contributed by atoms with E-state index in [0.29, 0.717) is 11.3 Å². The second-order valence-electron chi connectivity index (χ2n) is 6.19. The van der Waals surface area contributed by atoms with Gasteiger partial charge >= 0.3 is 0 Å². The molecule has 1 amide bonds. The van der Waals surface area contributed by atoms with Gasteiger partial charge in [-0.1, -0.05) is 37.3 Å². The number of hydrogen-bond acceptors (Lipinski definition) is 4. The van der Waals surface area contributed by atoms with Crippen LogP contribution in [0.25, 0.3) is 0 Å². The van der Waals surface area contributed by atoms with E-state index in [0.717, 1.165) is 10.7 Å². The molecule has 23 heavy (non-hydrogen) atoms. The van der Waals surface area contributed by atoms with E-state index in [4.69, 9.17) is 0 Å². The third-order valence-electron chi connectivity index (χ3n) is 4.08. The van der Waals surface area contributed by atoms with Crippen molar-refractivity contribution < 1.29 is 9.90 Å². The summed E-state index contributed by atoms with van der Waals surface area (Å²) in [5.41, 5.74) is 1.65. The summed E-state index contributed by atoms with van der Waals surface area (Å²) in [4.78, 5) is 17.7. The summed E-state index contributed by atoms with van der Waals surface area (Å²) in [6.45, 7) is 7.97. The van der Waals surface area contributed by atoms with Crippen LogP contribution in [0.2, 0.25) is 0 Å². The minimum Gasteiger partial charge on any atom is -0.394 e. The van der Waals surface area contributed by atoms with Gasteiger partial charge in [0.2, 0.25) is 0 Å². The van der Waals surface area contributed by atoms with Gasteiger partial charge in [-0.25, -0.2) is 4.98 Å². The van der Waals surface area contributed by atoms with E-state index < -0.39 is 0 Å². The molecule has 1 atom stereocenters. The van der Waals surface area contributed by atoms with Gasteiger partial charge in [0.15, 0.2) is 0 Å². The third-order valence-corrected chi connectivity index (χ3v) is 5.56. The van der Waals surface area contributed by atoms with Crippen molar-refractivity contribution in [3.05, 3.63) is 51.5 Å². The fourth-order valence-corrected chi connectivity index (χ4v) is 3.47. The number of nitrogens with zero attached hydrogens (tertiary/aromatic N) is 1. The molecule has 0 aliphatic carbocycles. The van der Waals surface area contributed by atoms with Gasteiger partial charge in [0.05, 0.1) is 18.3 Å². The molecule has 0 saturated heterocycles. The fraction of sp³-hybridized carbons (Fsp3) is 0.444. The van der Waals surface area contributed by atoms with Crippen molar-refractivity contribution in [1.29, 1.82) is 0 Å². The van der Waals surface area contributed by atoms with Crippen molar-refractivity contribution in [1.82, 2.24) is 10.3 Å². The summed E-state index contributed by atoms with van der Waals surface area (Å²) in [5, 5.41) is 13.0.